The lowest BCUT2D eigenvalue weighted by molar-refractivity contribution is -0.166. The van der Waals surface area contributed by atoms with E-state index in [-0.39, 0.29) is 31.8 Å². The number of carboxylic acid groups (broad SMARTS) is 1. The summed E-state index contributed by atoms with van der Waals surface area (Å²) in [5.74, 6) is -1.18. The van der Waals surface area contributed by atoms with Crippen LogP contribution in [-0.2, 0) is 22.6 Å². The number of aryl methyl sites for hydroxylation is 1. The Bertz CT molecular complexity index is 869. The van der Waals surface area contributed by atoms with Gasteiger partial charge in [-0.25, -0.2) is 0 Å². The molecular weight excluding hydrogens is 380 g/mol. The van der Waals surface area contributed by atoms with Crippen molar-refractivity contribution in [3.05, 3.63) is 71.3 Å². The van der Waals surface area contributed by atoms with Crippen LogP contribution >= 0.6 is 0 Å². The summed E-state index contributed by atoms with van der Waals surface area (Å²) in [6.07, 6.45) is -0.551. The van der Waals surface area contributed by atoms with E-state index in [0.29, 0.717) is 13.1 Å². The zero-order valence-electron chi connectivity index (χ0n) is 17.6. The summed E-state index contributed by atoms with van der Waals surface area (Å²) in [6.45, 7) is 3.24. The SMILES string of the molecule is Cc1ccc(CN(C)CC(=O)N2CC[C@H](O)[C@@](Cc3ccccc3)(C(=O)O)C2)cc1. The molecular formula is C24H30N2O4. The Balaban J connectivity index is 1.68. The highest BCUT2D eigenvalue weighted by Crippen LogP contribution is 2.35. The molecule has 0 saturated carbocycles. The van der Waals surface area contributed by atoms with Gasteiger partial charge in [-0.15, -0.1) is 0 Å². The molecule has 6 heteroatoms. The lowest BCUT2D eigenvalue weighted by atomic mass is 9.73. The number of aliphatic hydroxyl groups is 1. The molecule has 1 heterocycles. The third-order valence-corrected chi connectivity index (χ3v) is 5.90. The quantitative estimate of drug-likeness (QED) is 0.732. The molecule has 1 amide bonds. The van der Waals surface area contributed by atoms with Gasteiger partial charge in [-0.05, 0) is 37.9 Å². The molecule has 0 aliphatic carbocycles. The fraction of sp³-hybridized carbons (Fsp3) is 0.417. The number of benzene rings is 2. The van der Waals surface area contributed by atoms with Crippen LogP contribution in [0.4, 0.5) is 0 Å². The van der Waals surface area contributed by atoms with E-state index in [1.807, 2.05) is 73.5 Å². The number of rotatable bonds is 7. The Hall–Kier alpha value is -2.70. The lowest BCUT2D eigenvalue weighted by Crippen LogP contribution is -2.59. The molecule has 2 N–H and O–H groups in total. The van der Waals surface area contributed by atoms with Crippen molar-refractivity contribution in [2.75, 3.05) is 26.7 Å². The van der Waals surface area contributed by atoms with Crippen LogP contribution in [0.1, 0.15) is 23.1 Å². The van der Waals surface area contributed by atoms with E-state index < -0.39 is 17.5 Å². The van der Waals surface area contributed by atoms with Gasteiger partial charge in [0.1, 0.15) is 5.41 Å². The molecule has 2 aromatic rings. The fourth-order valence-electron chi connectivity index (χ4n) is 4.10. The zero-order chi connectivity index (χ0) is 21.7. The topological polar surface area (TPSA) is 81.1 Å². The van der Waals surface area contributed by atoms with Gasteiger partial charge >= 0.3 is 5.97 Å². The molecule has 30 heavy (non-hydrogen) atoms. The van der Waals surface area contributed by atoms with Crippen LogP contribution in [0.15, 0.2) is 54.6 Å². The number of aliphatic hydroxyl groups excluding tert-OH is 1. The van der Waals surface area contributed by atoms with E-state index in [1.165, 1.54) is 5.56 Å². The number of likely N-dealkylation sites (tertiary alicyclic amines) is 1. The predicted octanol–water partition coefficient (Wildman–Crippen LogP) is 2.33. The van der Waals surface area contributed by atoms with E-state index in [4.69, 9.17) is 0 Å². The van der Waals surface area contributed by atoms with Crippen LogP contribution in [-0.4, -0.2) is 64.7 Å². The van der Waals surface area contributed by atoms with Crippen LogP contribution in [0.25, 0.3) is 0 Å². The molecule has 2 aromatic carbocycles. The van der Waals surface area contributed by atoms with Crippen LogP contribution in [0.5, 0.6) is 0 Å². The number of amides is 1. The molecule has 1 fully saturated rings. The monoisotopic (exact) mass is 410 g/mol. The third kappa shape index (κ3) is 5.07. The summed E-state index contributed by atoms with van der Waals surface area (Å²) in [6, 6.07) is 17.5. The molecule has 3 rings (SSSR count). The van der Waals surface area contributed by atoms with Crippen molar-refractivity contribution in [3.8, 4) is 0 Å². The maximum atomic E-state index is 12.9. The Morgan fingerprint density at radius 3 is 2.40 bits per heavy atom. The molecule has 1 aliphatic rings. The summed E-state index contributed by atoms with van der Waals surface area (Å²) in [5, 5.41) is 20.6. The smallest absolute Gasteiger partial charge is 0.314 e. The highest BCUT2D eigenvalue weighted by molar-refractivity contribution is 5.81. The largest absolute Gasteiger partial charge is 0.481 e. The summed E-state index contributed by atoms with van der Waals surface area (Å²) >= 11 is 0. The minimum atomic E-state index is -1.40. The molecule has 0 bridgehead atoms. The number of carbonyl (C=O) groups excluding carboxylic acids is 1. The highest BCUT2D eigenvalue weighted by Gasteiger charge is 2.50. The van der Waals surface area contributed by atoms with Gasteiger partial charge in [0.05, 0.1) is 12.6 Å². The number of piperidine rings is 1. The highest BCUT2D eigenvalue weighted by atomic mass is 16.4. The maximum Gasteiger partial charge on any atom is 0.314 e. The molecule has 2 atom stereocenters. The average Bonchev–Trinajstić information content (AvgIpc) is 2.72. The average molecular weight is 411 g/mol. The van der Waals surface area contributed by atoms with Crippen molar-refractivity contribution in [1.82, 2.24) is 9.80 Å². The predicted molar refractivity (Wildman–Crippen MR) is 115 cm³/mol. The number of nitrogens with zero attached hydrogens (tertiary/aromatic N) is 2. The molecule has 0 radical (unpaired) electrons. The van der Waals surface area contributed by atoms with E-state index in [0.717, 1.165) is 11.1 Å². The summed E-state index contributed by atoms with van der Waals surface area (Å²) in [4.78, 5) is 28.7. The van der Waals surface area contributed by atoms with Crippen LogP contribution < -0.4 is 0 Å². The second-order valence-corrected chi connectivity index (χ2v) is 8.40. The van der Waals surface area contributed by atoms with Crippen molar-refractivity contribution in [2.24, 2.45) is 5.41 Å². The van der Waals surface area contributed by atoms with Gasteiger partial charge in [-0.1, -0.05) is 60.2 Å². The van der Waals surface area contributed by atoms with E-state index in [2.05, 4.69) is 0 Å². The van der Waals surface area contributed by atoms with Crippen molar-refractivity contribution in [2.45, 2.75) is 32.4 Å². The van der Waals surface area contributed by atoms with Crippen molar-refractivity contribution < 1.29 is 19.8 Å². The zero-order valence-corrected chi connectivity index (χ0v) is 17.6. The lowest BCUT2D eigenvalue weighted by Gasteiger charge is -2.43. The minimum Gasteiger partial charge on any atom is -0.481 e. The van der Waals surface area contributed by atoms with Gasteiger partial charge < -0.3 is 15.1 Å². The molecule has 0 unspecified atom stereocenters. The molecule has 0 aromatic heterocycles. The molecule has 0 spiro atoms. The first-order valence-corrected chi connectivity index (χ1v) is 10.3. The molecule has 160 valence electrons. The van der Waals surface area contributed by atoms with Gasteiger partial charge in [0, 0.05) is 19.6 Å². The number of carboxylic acids is 1. The fourth-order valence-corrected chi connectivity index (χ4v) is 4.10. The van der Waals surface area contributed by atoms with Gasteiger partial charge in [-0.3, -0.25) is 14.5 Å². The van der Waals surface area contributed by atoms with Crippen LogP contribution in [0.3, 0.4) is 0 Å². The molecule has 1 aliphatic heterocycles. The summed E-state index contributed by atoms with van der Waals surface area (Å²) in [5.41, 5.74) is 1.75. The number of aliphatic carboxylic acids is 1. The van der Waals surface area contributed by atoms with Gasteiger partial charge in [0.25, 0.3) is 0 Å². The molecule has 1 saturated heterocycles. The number of carbonyl (C=O) groups is 2. The standard InChI is InChI=1S/C24H30N2O4/c1-18-8-10-20(11-9-18)15-25(2)16-22(28)26-13-12-21(27)24(17-26,23(29)30)14-19-6-4-3-5-7-19/h3-11,21,27H,12-17H2,1-2H3,(H,29,30)/t21-,24-/m0/s1. The summed E-state index contributed by atoms with van der Waals surface area (Å²) < 4.78 is 0. The van der Waals surface area contributed by atoms with Gasteiger partial charge in [-0.2, -0.15) is 0 Å². The third-order valence-electron chi connectivity index (χ3n) is 5.90. The first-order chi connectivity index (χ1) is 14.3. The van der Waals surface area contributed by atoms with Gasteiger partial charge in [0.2, 0.25) is 5.91 Å². The second kappa shape index (κ2) is 9.41. The first kappa shape index (κ1) is 22.0. The van der Waals surface area contributed by atoms with E-state index in [1.54, 1.807) is 4.90 Å². The normalized spacial score (nSPS) is 21.6. The number of likely N-dealkylation sites (N-methyl/N-ethyl adjacent to an activating group) is 1. The van der Waals surface area contributed by atoms with E-state index >= 15 is 0 Å². The Morgan fingerprint density at radius 1 is 1.10 bits per heavy atom. The Morgan fingerprint density at radius 2 is 1.77 bits per heavy atom. The summed E-state index contributed by atoms with van der Waals surface area (Å²) in [7, 11) is 1.88. The first-order valence-electron chi connectivity index (χ1n) is 10.3. The van der Waals surface area contributed by atoms with Crippen molar-refractivity contribution >= 4 is 11.9 Å². The van der Waals surface area contributed by atoms with Crippen LogP contribution in [0, 0.1) is 12.3 Å². The maximum absolute atomic E-state index is 12.9. The number of hydrogen-bond donors (Lipinski definition) is 2. The Labute approximate surface area is 177 Å². The Kier molecular flexibility index (Phi) is 6.90. The van der Waals surface area contributed by atoms with E-state index in [9.17, 15) is 19.8 Å². The second-order valence-electron chi connectivity index (χ2n) is 8.40. The van der Waals surface area contributed by atoms with Gasteiger partial charge in [0.15, 0.2) is 0 Å². The van der Waals surface area contributed by atoms with Crippen LogP contribution in [0.2, 0.25) is 0 Å². The molecule has 6 nitrogen and oxygen atoms in total. The minimum absolute atomic E-state index is 0.00952. The van der Waals surface area contributed by atoms with Crippen molar-refractivity contribution in [3.63, 3.8) is 0 Å². The van der Waals surface area contributed by atoms with Crippen molar-refractivity contribution in [1.29, 1.82) is 0 Å². The number of hydrogen-bond acceptors (Lipinski definition) is 4.